The fraction of sp³-hybridized carbons (Fsp3) is 0.417. The number of amides is 2. The summed E-state index contributed by atoms with van der Waals surface area (Å²) >= 11 is 0. The van der Waals surface area contributed by atoms with Gasteiger partial charge in [0.05, 0.1) is 17.2 Å². The molecule has 11 heteroatoms. The van der Waals surface area contributed by atoms with Crippen LogP contribution in [0.25, 0.3) is 0 Å². The van der Waals surface area contributed by atoms with Crippen molar-refractivity contribution in [1.29, 1.82) is 0 Å². The molecule has 0 aromatic heterocycles. The van der Waals surface area contributed by atoms with Gasteiger partial charge in [-0.15, -0.1) is 0 Å². The second-order valence-electron chi connectivity index (χ2n) is 8.69. The van der Waals surface area contributed by atoms with E-state index in [-0.39, 0.29) is 18.1 Å². The molecule has 2 amide bonds. The summed E-state index contributed by atoms with van der Waals surface area (Å²) in [6.45, 7) is 4.23. The highest BCUT2D eigenvalue weighted by Gasteiger charge is 2.42. The van der Waals surface area contributed by atoms with Gasteiger partial charge in [-0.3, -0.25) is 9.69 Å². The van der Waals surface area contributed by atoms with E-state index in [2.05, 4.69) is 0 Å². The minimum Gasteiger partial charge on any atom is -0.465 e. The zero-order chi connectivity index (χ0) is 26.3. The van der Waals surface area contributed by atoms with Crippen molar-refractivity contribution >= 4 is 12.0 Å². The Labute approximate surface area is 198 Å². The first-order chi connectivity index (χ1) is 16.1. The van der Waals surface area contributed by atoms with Crippen LogP contribution in [-0.4, -0.2) is 39.0 Å². The monoisotopic (exact) mass is 502 g/mol. The smallest absolute Gasteiger partial charge is 0.416 e. The van der Waals surface area contributed by atoms with Gasteiger partial charge < -0.3 is 10.0 Å². The molecule has 0 saturated heterocycles. The summed E-state index contributed by atoms with van der Waals surface area (Å²) < 4.78 is 80.0. The Balaban J connectivity index is 2.06. The van der Waals surface area contributed by atoms with Crippen LogP contribution in [0, 0.1) is 5.92 Å². The second-order valence-corrected chi connectivity index (χ2v) is 8.69. The molecule has 2 aliphatic rings. The van der Waals surface area contributed by atoms with Crippen LogP contribution >= 0.6 is 0 Å². The van der Waals surface area contributed by atoms with E-state index in [0.717, 1.165) is 16.0 Å². The molecule has 3 atom stereocenters. The van der Waals surface area contributed by atoms with Crippen LogP contribution in [0.1, 0.15) is 43.9 Å². The van der Waals surface area contributed by atoms with Gasteiger partial charge in [0.25, 0.3) is 0 Å². The first-order valence-corrected chi connectivity index (χ1v) is 10.7. The highest BCUT2D eigenvalue weighted by molar-refractivity contribution is 5.74. The number of carbonyl (C=O) groups excluding carboxylic acids is 1. The van der Waals surface area contributed by atoms with Gasteiger partial charge in [0, 0.05) is 31.6 Å². The molecule has 190 valence electrons. The van der Waals surface area contributed by atoms with Gasteiger partial charge in [-0.1, -0.05) is 23.8 Å². The maximum absolute atomic E-state index is 13.3. The molecule has 0 fully saturated rings. The highest BCUT2D eigenvalue weighted by Crippen LogP contribution is 2.39. The number of nitrogens with zero attached hydrogens (tertiary/aromatic N) is 2. The maximum atomic E-state index is 13.3. The summed E-state index contributed by atoms with van der Waals surface area (Å²) in [4.78, 5) is 26.9. The number of carboxylic acid groups (broad SMARTS) is 1. The van der Waals surface area contributed by atoms with E-state index >= 15 is 0 Å². The second kappa shape index (κ2) is 9.43. The number of allylic oxidation sites excluding steroid dienone is 2. The summed E-state index contributed by atoms with van der Waals surface area (Å²) in [5, 5.41) is 9.72. The molecule has 1 aromatic rings. The van der Waals surface area contributed by atoms with E-state index in [1.54, 1.807) is 26.0 Å². The molecule has 1 N–H and O–H groups in total. The van der Waals surface area contributed by atoms with Gasteiger partial charge in [0.1, 0.15) is 0 Å². The number of hydrogen-bond acceptors (Lipinski definition) is 2. The third kappa shape index (κ3) is 5.54. The van der Waals surface area contributed by atoms with Crippen molar-refractivity contribution in [3.8, 4) is 0 Å². The number of alkyl halides is 6. The first kappa shape index (κ1) is 26.4. The minimum atomic E-state index is -5.01. The summed E-state index contributed by atoms with van der Waals surface area (Å²) in [5.41, 5.74) is -1.69. The van der Waals surface area contributed by atoms with Gasteiger partial charge in [-0.05, 0) is 49.6 Å². The average Bonchev–Trinajstić information content (AvgIpc) is 2.93. The number of benzene rings is 1. The van der Waals surface area contributed by atoms with Crippen molar-refractivity contribution in [2.75, 3.05) is 0 Å². The normalized spacial score (nSPS) is 22.7. The topological polar surface area (TPSA) is 60.9 Å². The molecule has 0 radical (unpaired) electrons. The first-order valence-electron chi connectivity index (χ1n) is 10.7. The Morgan fingerprint density at radius 3 is 2.11 bits per heavy atom. The van der Waals surface area contributed by atoms with Crippen LogP contribution < -0.4 is 0 Å². The lowest BCUT2D eigenvalue weighted by atomic mass is 9.79. The number of halogens is 6. The molecule has 1 heterocycles. The largest absolute Gasteiger partial charge is 0.465 e. The standard InChI is InChI=1S/C24H24F6N2O3/c1-13-6-7-19-20(5-4-8-31(22(34)35)21(19)14(13)2)32(15(3)33)12-16-9-17(23(25,26)27)11-18(10-16)24(28,29)30/h4,6-11,19-21H,5,12H2,1-3H3,(H,34,35). The van der Waals surface area contributed by atoms with Gasteiger partial charge in [-0.25, -0.2) is 4.79 Å². The van der Waals surface area contributed by atoms with Crippen LogP contribution in [0.2, 0.25) is 0 Å². The van der Waals surface area contributed by atoms with Crippen molar-refractivity contribution in [3.63, 3.8) is 0 Å². The van der Waals surface area contributed by atoms with Crippen molar-refractivity contribution in [1.82, 2.24) is 9.80 Å². The highest BCUT2D eigenvalue weighted by atomic mass is 19.4. The molecule has 3 rings (SSSR count). The molecular formula is C24H24F6N2O3. The average molecular weight is 502 g/mol. The molecule has 0 saturated carbocycles. The lowest BCUT2D eigenvalue weighted by Crippen LogP contribution is -2.51. The van der Waals surface area contributed by atoms with Crippen LogP contribution in [0.15, 0.2) is 53.8 Å². The van der Waals surface area contributed by atoms with Crippen molar-refractivity contribution in [2.45, 2.75) is 58.2 Å². The summed E-state index contributed by atoms with van der Waals surface area (Å²) in [6.07, 6.45) is -4.66. The molecule has 1 aliphatic heterocycles. The van der Waals surface area contributed by atoms with E-state index < -0.39 is 60.0 Å². The van der Waals surface area contributed by atoms with Crippen LogP contribution in [0.5, 0.6) is 0 Å². The zero-order valence-electron chi connectivity index (χ0n) is 19.1. The lowest BCUT2D eigenvalue weighted by molar-refractivity contribution is -0.143. The molecule has 5 nitrogen and oxygen atoms in total. The van der Waals surface area contributed by atoms with Crippen LogP contribution in [0.4, 0.5) is 31.1 Å². The Hall–Kier alpha value is -3.24. The predicted molar refractivity (Wildman–Crippen MR) is 115 cm³/mol. The third-order valence-corrected chi connectivity index (χ3v) is 6.41. The van der Waals surface area contributed by atoms with Crippen molar-refractivity contribution in [3.05, 3.63) is 70.5 Å². The molecule has 0 spiro atoms. The fourth-order valence-electron chi connectivity index (χ4n) is 4.60. The molecule has 0 bridgehead atoms. The van der Waals surface area contributed by atoms with E-state index in [4.69, 9.17) is 0 Å². The minimum absolute atomic E-state index is 0.0393. The Morgan fingerprint density at radius 2 is 1.63 bits per heavy atom. The summed E-state index contributed by atoms with van der Waals surface area (Å²) in [7, 11) is 0. The van der Waals surface area contributed by atoms with E-state index in [0.29, 0.717) is 12.1 Å². The predicted octanol–water partition coefficient (Wildman–Crippen LogP) is 6.23. The number of hydrogen-bond donors (Lipinski definition) is 1. The van der Waals surface area contributed by atoms with Gasteiger partial charge >= 0.3 is 18.4 Å². The van der Waals surface area contributed by atoms with Crippen LogP contribution in [-0.2, 0) is 23.7 Å². The summed E-state index contributed by atoms with van der Waals surface area (Å²) in [6, 6.07) is -0.149. The lowest BCUT2D eigenvalue weighted by Gasteiger charge is -2.42. The quantitative estimate of drug-likeness (QED) is 0.499. The molecule has 35 heavy (non-hydrogen) atoms. The summed E-state index contributed by atoms with van der Waals surface area (Å²) in [5.74, 6) is -1.13. The Morgan fingerprint density at radius 1 is 1.06 bits per heavy atom. The number of carbonyl (C=O) groups is 2. The van der Waals surface area contributed by atoms with Gasteiger partial charge in [-0.2, -0.15) is 26.3 Å². The van der Waals surface area contributed by atoms with E-state index in [1.807, 2.05) is 0 Å². The Bertz CT molecular complexity index is 1070. The van der Waals surface area contributed by atoms with Gasteiger partial charge in [0.15, 0.2) is 0 Å². The molecular weight excluding hydrogens is 478 g/mol. The number of rotatable bonds is 3. The van der Waals surface area contributed by atoms with Crippen LogP contribution in [0.3, 0.4) is 0 Å². The van der Waals surface area contributed by atoms with Gasteiger partial charge in [0.2, 0.25) is 5.91 Å². The third-order valence-electron chi connectivity index (χ3n) is 6.41. The maximum Gasteiger partial charge on any atom is 0.416 e. The van der Waals surface area contributed by atoms with Crippen molar-refractivity contribution in [2.24, 2.45) is 5.92 Å². The van der Waals surface area contributed by atoms with Crippen molar-refractivity contribution < 1.29 is 41.0 Å². The molecule has 1 aliphatic carbocycles. The molecule has 3 unspecified atom stereocenters. The number of fused-ring (bicyclic) bond motifs is 1. The fourth-order valence-corrected chi connectivity index (χ4v) is 4.60. The SMILES string of the molecule is CC(=O)N(Cc1cc(C(F)(F)F)cc(C(F)(F)F)c1)C1CC=CN(C(=O)O)C2C(C)=C(C)C=CC21. The Kier molecular flexibility index (Phi) is 7.10. The molecule has 1 aromatic carbocycles. The zero-order valence-corrected chi connectivity index (χ0v) is 19.1. The van der Waals surface area contributed by atoms with E-state index in [1.165, 1.54) is 24.1 Å². The van der Waals surface area contributed by atoms with E-state index in [9.17, 15) is 41.0 Å².